The van der Waals surface area contributed by atoms with Crippen LogP contribution < -0.4 is 0 Å². The standard InChI is InChI=1S/C12H22O13/c13-1-3(15)5(17)7(19)9(21)11(23)25-12(24)10(22)8(20)6(18)4(16)2-14/h3-10,13-22H,1-2H2/t3-,4-,5-,6-,7+,8+,9-,10-/m1/s1. The van der Waals surface area contributed by atoms with Crippen LogP contribution in [0.4, 0.5) is 0 Å². The van der Waals surface area contributed by atoms with Crippen molar-refractivity contribution in [3.8, 4) is 0 Å². The summed E-state index contributed by atoms with van der Waals surface area (Å²) in [6.45, 7) is -2.04. The molecule has 0 rings (SSSR count). The van der Waals surface area contributed by atoms with Crippen LogP contribution in [0.15, 0.2) is 0 Å². The molecular formula is C12H22O13. The normalized spacial score (nSPS) is 21.4. The summed E-state index contributed by atoms with van der Waals surface area (Å²) in [4.78, 5) is 22.9. The van der Waals surface area contributed by atoms with Gasteiger partial charge in [0.15, 0.2) is 12.2 Å². The SMILES string of the molecule is O=C(OC(=O)[C@H](O)[C@@H](O)[C@H](O)[C@H](O)CO)[C@H](O)[C@@H](O)[C@H](O)[C@H](O)CO. The highest BCUT2D eigenvalue weighted by Crippen LogP contribution is 2.10. The van der Waals surface area contributed by atoms with Crippen LogP contribution in [0, 0.1) is 0 Å². The largest absolute Gasteiger partial charge is 0.394 e. The number of carbonyl (C=O) groups is 2. The number of esters is 2. The van der Waals surface area contributed by atoms with Crippen LogP contribution in [0.25, 0.3) is 0 Å². The Kier molecular flexibility index (Phi) is 10.1. The zero-order chi connectivity index (χ0) is 19.9. The monoisotopic (exact) mass is 374 g/mol. The average Bonchev–Trinajstić information content (AvgIpc) is 2.62. The van der Waals surface area contributed by atoms with Crippen molar-refractivity contribution in [3.05, 3.63) is 0 Å². The molecule has 0 fully saturated rings. The Balaban J connectivity index is 4.80. The summed E-state index contributed by atoms with van der Waals surface area (Å²) in [6, 6.07) is 0. The lowest BCUT2D eigenvalue weighted by molar-refractivity contribution is -0.187. The molecule has 0 aromatic heterocycles. The van der Waals surface area contributed by atoms with E-state index in [-0.39, 0.29) is 0 Å². The lowest BCUT2D eigenvalue weighted by Gasteiger charge is -2.26. The molecule has 148 valence electrons. The fraction of sp³-hybridized carbons (Fsp3) is 0.833. The minimum atomic E-state index is -2.57. The predicted molar refractivity (Wildman–Crippen MR) is 73.3 cm³/mol. The fourth-order valence-electron chi connectivity index (χ4n) is 1.54. The fourth-order valence-corrected chi connectivity index (χ4v) is 1.54. The predicted octanol–water partition coefficient (Wildman–Crippen LogP) is -7.07. The second-order valence-electron chi connectivity index (χ2n) is 5.09. The Morgan fingerprint density at radius 2 is 0.880 bits per heavy atom. The molecule has 0 radical (unpaired) electrons. The first-order valence-corrected chi connectivity index (χ1v) is 6.91. The van der Waals surface area contributed by atoms with Gasteiger partial charge >= 0.3 is 11.9 Å². The minimum absolute atomic E-state index is 1.02. The van der Waals surface area contributed by atoms with E-state index in [0.29, 0.717) is 0 Å². The molecule has 0 aliphatic carbocycles. The van der Waals surface area contributed by atoms with Crippen molar-refractivity contribution in [2.75, 3.05) is 13.2 Å². The van der Waals surface area contributed by atoms with E-state index < -0.39 is 74.0 Å². The Morgan fingerprint density at radius 3 is 1.12 bits per heavy atom. The third kappa shape index (κ3) is 6.52. The number of rotatable bonds is 10. The Morgan fingerprint density at radius 1 is 0.600 bits per heavy atom. The van der Waals surface area contributed by atoms with Gasteiger partial charge in [-0.25, -0.2) is 9.59 Å². The molecule has 0 amide bonds. The van der Waals surface area contributed by atoms with Gasteiger partial charge in [-0.1, -0.05) is 0 Å². The summed E-state index contributed by atoms with van der Waals surface area (Å²) in [5, 5.41) is 91.6. The molecule has 0 aliphatic rings. The van der Waals surface area contributed by atoms with Gasteiger partial charge in [-0.2, -0.15) is 0 Å². The van der Waals surface area contributed by atoms with Gasteiger partial charge in [0, 0.05) is 0 Å². The van der Waals surface area contributed by atoms with Crippen molar-refractivity contribution in [3.63, 3.8) is 0 Å². The number of carbonyl (C=O) groups excluding carboxylic acids is 2. The van der Waals surface area contributed by atoms with Gasteiger partial charge in [0.1, 0.15) is 36.6 Å². The van der Waals surface area contributed by atoms with Crippen LogP contribution in [0.1, 0.15) is 0 Å². The smallest absolute Gasteiger partial charge is 0.345 e. The third-order valence-corrected chi connectivity index (χ3v) is 3.19. The molecular weight excluding hydrogens is 352 g/mol. The summed E-state index contributed by atoms with van der Waals surface area (Å²) in [5.74, 6) is -3.77. The van der Waals surface area contributed by atoms with Crippen LogP contribution in [0.3, 0.4) is 0 Å². The summed E-state index contributed by atoms with van der Waals surface area (Å²) >= 11 is 0. The van der Waals surface area contributed by atoms with Crippen molar-refractivity contribution in [2.45, 2.75) is 48.8 Å². The van der Waals surface area contributed by atoms with Crippen molar-refractivity contribution in [1.29, 1.82) is 0 Å². The molecule has 13 heteroatoms. The first-order chi connectivity index (χ1) is 11.5. The van der Waals surface area contributed by atoms with E-state index in [1.165, 1.54) is 0 Å². The summed E-state index contributed by atoms with van der Waals surface area (Å²) in [7, 11) is 0. The van der Waals surface area contributed by atoms with Gasteiger partial charge in [0.25, 0.3) is 0 Å². The van der Waals surface area contributed by atoms with E-state index >= 15 is 0 Å². The van der Waals surface area contributed by atoms with Crippen LogP contribution in [0.5, 0.6) is 0 Å². The molecule has 8 atom stereocenters. The van der Waals surface area contributed by atoms with Crippen LogP contribution in [0.2, 0.25) is 0 Å². The lowest BCUT2D eigenvalue weighted by Crippen LogP contribution is -2.52. The maximum Gasteiger partial charge on any atom is 0.345 e. The number of aliphatic hydroxyl groups is 10. The van der Waals surface area contributed by atoms with Crippen molar-refractivity contribution >= 4 is 11.9 Å². The van der Waals surface area contributed by atoms with E-state index in [1.807, 2.05) is 0 Å². The second-order valence-corrected chi connectivity index (χ2v) is 5.09. The van der Waals surface area contributed by atoms with Crippen LogP contribution in [-0.2, 0) is 14.3 Å². The first kappa shape index (κ1) is 23.7. The molecule has 10 N–H and O–H groups in total. The molecule has 0 saturated carbocycles. The molecule has 0 saturated heterocycles. The van der Waals surface area contributed by atoms with Crippen molar-refractivity contribution < 1.29 is 65.4 Å². The van der Waals surface area contributed by atoms with E-state index in [2.05, 4.69) is 4.74 Å². The first-order valence-electron chi connectivity index (χ1n) is 6.91. The van der Waals surface area contributed by atoms with Gasteiger partial charge in [0.05, 0.1) is 13.2 Å². The molecule has 0 unspecified atom stereocenters. The minimum Gasteiger partial charge on any atom is -0.394 e. The maximum absolute atomic E-state index is 11.4. The van der Waals surface area contributed by atoms with E-state index in [9.17, 15) is 40.2 Å². The van der Waals surface area contributed by atoms with Gasteiger partial charge < -0.3 is 55.8 Å². The van der Waals surface area contributed by atoms with Crippen LogP contribution >= 0.6 is 0 Å². The maximum atomic E-state index is 11.4. The van der Waals surface area contributed by atoms with E-state index in [0.717, 1.165) is 0 Å². The zero-order valence-corrected chi connectivity index (χ0v) is 12.7. The highest BCUT2D eigenvalue weighted by Gasteiger charge is 2.39. The highest BCUT2D eigenvalue weighted by molar-refractivity contribution is 5.90. The summed E-state index contributed by atoms with van der Waals surface area (Å²) < 4.78 is 3.93. The van der Waals surface area contributed by atoms with Gasteiger partial charge in [-0.15, -0.1) is 0 Å². The average molecular weight is 374 g/mol. The van der Waals surface area contributed by atoms with Gasteiger partial charge in [0.2, 0.25) is 0 Å². The van der Waals surface area contributed by atoms with Crippen molar-refractivity contribution in [1.82, 2.24) is 0 Å². The molecule has 0 bridgehead atoms. The van der Waals surface area contributed by atoms with Crippen molar-refractivity contribution in [2.24, 2.45) is 0 Å². The molecule has 0 heterocycles. The highest BCUT2D eigenvalue weighted by atomic mass is 16.6. The Bertz CT molecular complexity index is 391. The molecule has 0 aromatic carbocycles. The number of aliphatic hydroxyl groups excluding tert-OH is 10. The zero-order valence-electron chi connectivity index (χ0n) is 12.7. The molecule has 0 aromatic rings. The number of hydrogen-bond donors (Lipinski definition) is 10. The van der Waals surface area contributed by atoms with Gasteiger partial charge in [-0.3, -0.25) is 0 Å². The Labute approximate surface area is 140 Å². The van der Waals surface area contributed by atoms with Crippen LogP contribution in [-0.4, -0.2) is 125 Å². The summed E-state index contributed by atoms with van der Waals surface area (Å²) in [6.07, 6.45) is -18.1. The molecule has 0 aliphatic heterocycles. The number of hydrogen-bond acceptors (Lipinski definition) is 13. The summed E-state index contributed by atoms with van der Waals surface area (Å²) in [5.41, 5.74) is 0. The topological polar surface area (TPSA) is 246 Å². The van der Waals surface area contributed by atoms with E-state index in [4.69, 9.17) is 20.4 Å². The Hall–Kier alpha value is -1.26. The molecule has 0 spiro atoms. The molecule has 13 nitrogen and oxygen atoms in total. The lowest BCUT2D eigenvalue weighted by atomic mass is 10.0. The second kappa shape index (κ2) is 10.7. The van der Waals surface area contributed by atoms with E-state index in [1.54, 1.807) is 0 Å². The third-order valence-electron chi connectivity index (χ3n) is 3.19. The number of ether oxygens (including phenoxy) is 1. The molecule has 25 heavy (non-hydrogen) atoms. The van der Waals surface area contributed by atoms with Gasteiger partial charge in [-0.05, 0) is 0 Å². The quantitative estimate of drug-likeness (QED) is 0.126.